The van der Waals surface area contributed by atoms with Crippen molar-refractivity contribution < 1.29 is 46.0 Å². The van der Waals surface area contributed by atoms with Crippen LogP contribution in [0.1, 0.15) is 134 Å². The number of halogens is 6. The van der Waals surface area contributed by atoms with E-state index in [1.54, 1.807) is 7.11 Å². The van der Waals surface area contributed by atoms with Gasteiger partial charge in [0.15, 0.2) is 0 Å². The highest BCUT2D eigenvalue weighted by Gasteiger charge is 2.34. The topological polar surface area (TPSA) is 65.4 Å². The van der Waals surface area contributed by atoms with Crippen LogP contribution in [0.2, 0.25) is 0 Å². The Kier molecular flexibility index (Phi) is 24.1. The Labute approximate surface area is 374 Å². The summed E-state index contributed by atoms with van der Waals surface area (Å²) < 4.78 is 90.0. The van der Waals surface area contributed by atoms with Crippen molar-refractivity contribution in [1.29, 1.82) is 0 Å². The van der Waals surface area contributed by atoms with E-state index in [2.05, 4.69) is 65.2 Å². The average molecular weight is 893 g/mol. The molecule has 354 valence electrons. The van der Waals surface area contributed by atoms with Gasteiger partial charge in [-0.1, -0.05) is 60.7 Å². The predicted molar refractivity (Wildman–Crippen MR) is 246 cm³/mol. The van der Waals surface area contributed by atoms with E-state index in [4.69, 9.17) is 14.6 Å². The number of nitrogens with zero attached hydrogens (tertiary/aromatic N) is 2. The fourth-order valence-electron chi connectivity index (χ4n) is 7.35. The Morgan fingerprint density at radius 2 is 0.857 bits per heavy atom. The Bertz CT molecular complexity index is 1830. The Balaban J connectivity index is 0.000000539. The number of aromatic hydroxyl groups is 1. The van der Waals surface area contributed by atoms with Crippen molar-refractivity contribution in [3.63, 3.8) is 0 Å². The first-order chi connectivity index (χ1) is 29.3. The largest absolute Gasteiger partial charge is 0.508 e. The molecule has 0 saturated carbocycles. The summed E-state index contributed by atoms with van der Waals surface area (Å²) in [4.78, 5) is 4.66. The minimum absolute atomic E-state index is 0.0417. The number of phenolic OH excluding ortho intramolecular Hbond substituents is 1. The number of phenols is 1. The normalized spacial score (nSPS) is 13.0. The monoisotopic (exact) mass is 893 g/mol. The maximum Gasteiger partial charge on any atom is 0.416 e. The molecule has 0 fully saturated rings. The molecule has 2 atom stereocenters. The summed E-state index contributed by atoms with van der Waals surface area (Å²) in [7, 11) is 4.21. The number of aliphatic hydroxyl groups excluding tert-OH is 1. The third-order valence-electron chi connectivity index (χ3n) is 10.7. The molecule has 0 aromatic heterocycles. The molecule has 0 spiro atoms. The summed E-state index contributed by atoms with van der Waals surface area (Å²) in [6.07, 6.45) is -7.50. The van der Waals surface area contributed by atoms with E-state index in [-0.39, 0.29) is 23.2 Å². The smallest absolute Gasteiger partial charge is 0.416 e. The van der Waals surface area contributed by atoms with Crippen molar-refractivity contribution in [2.45, 2.75) is 143 Å². The molecule has 0 aliphatic carbocycles. The van der Waals surface area contributed by atoms with Gasteiger partial charge in [-0.25, -0.2) is 0 Å². The molecule has 2 N–H and O–H groups in total. The zero-order valence-electron chi connectivity index (χ0n) is 39.9. The van der Waals surface area contributed by atoms with E-state index in [0.29, 0.717) is 53.9 Å². The molecule has 0 aliphatic heterocycles. The van der Waals surface area contributed by atoms with Crippen molar-refractivity contribution >= 4 is 0 Å². The fourth-order valence-corrected chi connectivity index (χ4v) is 7.35. The summed E-state index contributed by atoms with van der Waals surface area (Å²) in [5.74, 6) is -0.105. The van der Waals surface area contributed by atoms with Crippen LogP contribution < -0.4 is 4.74 Å². The number of alkyl halides is 6. The van der Waals surface area contributed by atoms with E-state index < -0.39 is 23.5 Å². The van der Waals surface area contributed by atoms with Gasteiger partial charge in [-0.2, -0.15) is 26.3 Å². The SMILES string of the molecule is CC(C)N(CCC(c1ccccc1)c1cc(C(F)(F)F)ccc1O)C(C)C.CO.COC(C)(C)C.COc1ccc(C(F)(F)F)cc1C(CCN(C(C)C)C(C)C)c1ccccc1. The zero-order chi connectivity index (χ0) is 48.3. The lowest BCUT2D eigenvalue weighted by Gasteiger charge is -2.32. The van der Waals surface area contributed by atoms with Crippen LogP contribution in [0.4, 0.5) is 26.3 Å². The van der Waals surface area contributed by atoms with Crippen molar-refractivity contribution in [3.05, 3.63) is 130 Å². The quantitative estimate of drug-likeness (QED) is 0.116. The van der Waals surface area contributed by atoms with Crippen LogP contribution in [0, 0.1) is 0 Å². The van der Waals surface area contributed by atoms with Gasteiger partial charge in [0.2, 0.25) is 0 Å². The molecule has 0 bridgehead atoms. The standard InChI is InChI=1S/C23H30F3NO.C22H28F3NO.C5H12O.CH4O/c1-16(2)27(17(3)4)14-13-20(18-9-7-6-8-10-18)21-15-19(23(24,25)26)11-12-22(21)28-5;1-15(2)26(16(3)4)13-12-19(17-8-6-5-7-9-17)20-14-18(22(23,24)25)10-11-21(20)27;1-5(2,3)6-4;1-2/h6-12,15-17,20H,13-14H2,1-5H3;5-11,14-16,19,27H,12-13H2,1-4H3;1-4H3;2H,1H3. The third kappa shape index (κ3) is 19.3. The van der Waals surface area contributed by atoms with Crippen LogP contribution in [-0.4, -0.2) is 84.2 Å². The van der Waals surface area contributed by atoms with Gasteiger partial charge in [0.05, 0.1) is 23.8 Å². The number of hydrogen-bond donors (Lipinski definition) is 2. The molecule has 4 rings (SSSR count). The van der Waals surface area contributed by atoms with Crippen molar-refractivity contribution in [2.24, 2.45) is 0 Å². The summed E-state index contributed by atoms with van der Waals surface area (Å²) in [6.45, 7) is 24.6. The van der Waals surface area contributed by atoms with Crippen LogP contribution in [0.15, 0.2) is 97.1 Å². The maximum atomic E-state index is 13.3. The second kappa shape index (κ2) is 26.6. The summed E-state index contributed by atoms with van der Waals surface area (Å²) >= 11 is 0. The molecule has 4 aromatic rings. The number of benzene rings is 4. The van der Waals surface area contributed by atoms with E-state index in [1.165, 1.54) is 19.2 Å². The lowest BCUT2D eigenvalue weighted by molar-refractivity contribution is -0.138. The number of ether oxygens (including phenoxy) is 2. The van der Waals surface area contributed by atoms with Gasteiger partial charge < -0.3 is 19.7 Å². The van der Waals surface area contributed by atoms with Gasteiger partial charge in [0, 0.05) is 61.3 Å². The number of hydrogen-bond acceptors (Lipinski definition) is 6. The van der Waals surface area contributed by atoms with Crippen LogP contribution in [-0.2, 0) is 17.1 Å². The Hall–Kier alpha value is -4.10. The highest BCUT2D eigenvalue weighted by Crippen LogP contribution is 2.41. The lowest BCUT2D eigenvalue weighted by Crippen LogP contribution is -2.38. The van der Waals surface area contributed by atoms with Gasteiger partial charge in [0.25, 0.3) is 0 Å². The molecule has 63 heavy (non-hydrogen) atoms. The first kappa shape index (κ1) is 56.9. The number of aliphatic hydroxyl groups is 1. The van der Waals surface area contributed by atoms with E-state index in [9.17, 15) is 31.4 Å². The van der Waals surface area contributed by atoms with Gasteiger partial charge >= 0.3 is 12.4 Å². The van der Waals surface area contributed by atoms with Crippen molar-refractivity contribution in [3.8, 4) is 11.5 Å². The molecule has 6 nitrogen and oxygen atoms in total. The van der Waals surface area contributed by atoms with E-state index in [1.807, 2.05) is 81.4 Å². The molecule has 4 aromatic carbocycles. The molecular weight excluding hydrogens is 819 g/mol. The van der Waals surface area contributed by atoms with E-state index in [0.717, 1.165) is 55.6 Å². The maximum absolute atomic E-state index is 13.3. The molecule has 0 amide bonds. The predicted octanol–water partition coefficient (Wildman–Crippen LogP) is 13.4. The molecule has 0 aliphatic rings. The second-order valence-corrected chi connectivity index (χ2v) is 17.4. The third-order valence-corrected chi connectivity index (χ3v) is 10.7. The fraction of sp³-hybridized carbons (Fsp3) is 0.529. The summed E-state index contributed by atoms with van der Waals surface area (Å²) in [5, 5.41) is 17.3. The minimum atomic E-state index is -4.44. The second-order valence-electron chi connectivity index (χ2n) is 17.4. The van der Waals surface area contributed by atoms with Crippen LogP contribution in [0.25, 0.3) is 0 Å². The van der Waals surface area contributed by atoms with Crippen LogP contribution >= 0.6 is 0 Å². The number of rotatable bonds is 15. The Morgan fingerprint density at radius 3 is 1.17 bits per heavy atom. The zero-order valence-corrected chi connectivity index (χ0v) is 39.9. The van der Waals surface area contributed by atoms with Crippen molar-refractivity contribution in [2.75, 3.05) is 34.4 Å². The lowest BCUT2D eigenvalue weighted by atomic mass is 9.86. The first-order valence-electron chi connectivity index (χ1n) is 21.6. The summed E-state index contributed by atoms with van der Waals surface area (Å²) in [6, 6.07) is 27.4. The van der Waals surface area contributed by atoms with Gasteiger partial charge in [-0.05, 0) is 150 Å². The molecule has 12 heteroatoms. The number of methoxy groups -OCH3 is 2. The Morgan fingerprint density at radius 1 is 0.524 bits per heavy atom. The van der Waals surface area contributed by atoms with E-state index >= 15 is 0 Å². The highest BCUT2D eigenvalue weighted by atomic mass is 19.4. The molecule has 2 unspecified atom stereocenters. The van der Waals surface area contributed by atoms with Crippen LogP contribution in [0.5, 0.6) is 11.5 Å². The molecule has 0 radical (unpaired) electrons. The minimum Gasteiger partial charge on any atom is -0.508 e. The average Bonchev–Trinajstić information content (AvgIpc) is 3.21. The van der Waals surface area contributed by atoms with Crippen LogP contribution in [0.3, 0.4) is 0 Å². The molecule has 0 saturated heterocycles. The summed E-state index contributed by atoms with van der Waals surface area (Å²) in [5.41, 5.74) is 1.46. The first-order valence-corrected chi connectivity index (χ1v) is 21.6. The van der Waals surface area contributed by atoms with Gasteiger partial charge in [-0.15, -0.1) is 0 Å². The molecular formula is C51H74F6N2O4. The van der Waals surface area contributed by atoms with Gasteiger partial charge in [-0.3, -0.25) is 9.80 Å². The van der Waals surface area contributed by atoms with Crippen molar-refractivity contribution in [1.82, 2.24) is 9.80 Å². The van der Waals surface area contributed by atoms with Gasteiger partial charge in [0.1, 0.15) is 11.5 Å². The highest BCUT2D eigenvalue weighted by molar-refractivity contribution is 5.46. The molecule has 0 heterocycles.